The highest BCUT2D eigenvalue weighted by atomic mass is 35.5. The van der Waals surface area contributed by atoms with Crippen molar-refractivity contribution in [3.05, 3.63) is 88.3 Å². The lowest BCUT2D eigenvalue weighted by Gasteiger charge is -2.46. The molecule has 10 rings (SSSR count). The van der Waals surface area contributed by atoms with Gasteiger partial charge in [-0.1, -0.05) is 23.7 Å². The molecular formula is C49H57ClN10O5. The summed E-state index contributed by atoms with van der Waals surface area (Å²) >= 11 is 6.61. The smallest absolute Gasteiger partial charge is 0.328 e. The summed E-state index contributed by atoms with van der Waals surface area (Å²) in [6.45, 7) is 5.58. The van der Waals surface area contributed by atoms with Crippen molar-refractivity contribution >= 4 is 58.0 Å². The number of ether oxygens (including phenoxy) is 2. The Morgan fingerprint density at radius 3 is 2.46 bits per heavy atom. The molecule has 0 bridgehead atoms. The molecule has 65 heavy (non-hydrogen) atoms. The first-order valence-electron chi connectivity index (χ1n) is 23.1. The Morgan fingerprint density at radius 2 is 1.74 bits per heavy atom. The highest BCUT2D eigenvalue weighted by Gasteiger charge is 2.40. The summed E-state index contributed by atoms with van der Waals surface area (Å²) in [6.07, 6.45) is 13.7. The molecule has 6 heterocycles. The zero-order chi connectivity index (χ0) is 44.8. The maximum absolute atomic E-state index is 13.8. The number of anilines is 4. The van der Waals surface area contributed by atoms with Crippen LogP contribution in [0.25, 0.3) is 16.9 Å². The Bertz CT molecular complexity index is 2620. The number of rotatable bonds is 12. The van der Waals surface area contributed by atoms with Crippen LogP contribution < -0.4 is 30.5 Å². The van der Waals surface area contributed by atoms with E-state index in [1.807, 2.05) is 41.8 Å². The molecule has 15 nitrogen and oxygen atoms in total. The maximum Gasteiger partial charge on any atom is 0.328 e. The van der Waals surface area contributed by atoms with Crippen LogP contribution in [-0.4, -0.2) is 101 Å². The fourth-order valence-corrected chi connectivity index (χ4v) is 10.8. The molecule has 2 aromatic carbocycles. The lowest BCUT2D eigenvalue weighted by atomic mass is 9.65. The van der Waals surface area contributed by atoms with Crippen LogP contribution in [0.15, 0.2) is 60.9 Å². The summed E-state index contributed by atoms with van der Waals surface area (Å²) in [5, 5.41) is 14.9. The molecule has 0 unspecified atom stereocenters. The van der Waals surface area contributed by atoms with E-state index in [0.29, 0.717) is 54.5 Å². The largest absolute Gasteiger partial charge is 0.492 e. The van der Waals surface area contributed by atoms with Crippen molar-refractivity contribution < 1.29 is 23.9 Å². The number of hydrogen-bond donors (Lipinski definition) is 3. The van der Waals surface area contributed by atoms with E-state index in [-0.39, 0.29) is 36.3 Å². The first-order chi connectivity index (χ1) is 31.6. The SMILES string of the molecule is CNc1cc(N2CCc3c(-c4ccc(OCC5CCC6(CC5)CCN(C(=O)c5cc(C)c(Cl)c(N7CCC(=O)NC7=O)c5)CC6)cn4)cccc32)nn2c(CN[C@@H]3CC[C@H]3OC)cnc12. The van der Waals surface area contributed by atoms with E-state index < -0.39 is 6.03 Å². The number of aryl methyl sites for hydroxylation is 1. The van der Waals surface area contributed by atoms with Crippen molar-refractivity contribution in [1.82, 2.24) is 35.1 Å². The van der Waals surface area contributed by atoms with Crippen molar-refractivity contribution in [1.29, 1.82) is 0 Å². The quantitative estimate of drug-likeness (QED) is 0.113. The van der Waals surface area contributed by atoms with Gasteiger partial charge in [0.1, 0.15) is 5.75 Å². The number of urea groups is 1. The topological polar surface area (TPSA) is 159 Å². The van der Waals surface area contributed by atoms with Crippen LogP contribution in [0.3, 0.4) is 0 Å². The third-order valence-corrected chi connectivity index (χ3v) is 15.3. The number of likely N-dealkylation sites (tertiary alicyclic amines) is 1. The van der Waals surface area contributed by atoms with E-state index in [1.165, 1.54) is 10.5 Å². The molecule has 4 fully saturated rings. The van der Waals surface area contributed by atoms with Crippen molar-refractivity contribution in [2.75, 3.05) is 62.1 Å². The van der Waals surface area contributed by atoms with Gasteiger partial charge in [0.15, 0.2) is 11.5 Å². The number of halogens is 1. The average Bonchev–Trinajstić information content (AvgIpc) is 3.94. The van der Waals surface area contributed by atoms with Crippen LogP contribution in [0, 0.1) is 18.3 Å². The van der Waals surface area contributed by atoms with Crippen molar-refractivity contribution in [3.8, 4) is 17.0 Å². The molecule has 4 amide bonds. The fraction of sp³-hybridized carbons (Fsp3) is 0.469. The van der Waals surface area contributed by atoms with E-state index >= 15 is 0 Å². The van der Waals surface area contributed by atoms with Crippen molar-refractivity contribution in [2.45, 2.75) is 89.8 Å². The summed E-state index contributed by atoms with van der Waals surface area (Å²) in [5.41, 5.74) is 9.10. The number of imidazole rings is 1. The fourth-order valence-electron chi connectivity index (χ4n) is 10.6. The molecule has 3 aliphatic heterocycles. The number of imide groups is 1. The number of fused-ring (bicyclic) bond motifs is 2. The second-order valence-electron chi connectivity index (χ2n) is 18.5. The second-order valence-corrected chi connectivity index (χ2v) is 18.9. The molecule has 2 saturated carbocycles. The lowest BCUT2D eigenvalue weighted by molar-refractivity contribution is -0.120. The number of hydrogen-bond acceptors (Lipinski definition) is 11. The zero-order valence-corrected chi connectivity index (χ0v) is 38.1. The van der Waals surface area contributed by atoms with Crippen LogP contribution in [0.5, 0.6) is 5.75 Å². The third-order valence-electron chi connectivity index (χ3n) is 14.8. The Balaban J connectivity index is 0.732. The number of nitrogens with one attached hydrogen (secondary N) is 3. The molecule has 3 N–H and O–H groups in total. The number of carbonyl (C=O) groups is 3. The van der Waals surface area contributed by atoms with Gasteiger partial charge in [0.2, 0.25) is 5.91 Å². The molecule has 5 aliphatic rings. The summed E-state index contributed by atoms with van der Waals surface area (Å²) < 4.78 is 13.9. The van der Waals surface area contributed by atoms with Crippen LogP contribution in [-0.2, 0) is 22.5 Å². The Kier molecular flexibility index (Phi) is 11.9. The average molecular weight is 902 g/mol. The van der Waals surface area contributed by atoms with Crippen molar-refractivity contribution in [3.63, 3.8) is 0 Å². The Hall–Kier alpha value is -5.77. The first kappa shape index (κ1) is 43.1. The first-order valence-corrected chi connectivity index (χ1v) is 23.5. The van der Waals surface area contributed by atoms with Gasteiger partial charge in [-0.15, -0.1) is 5.10 Å². The molecule has 2 aliphatic carbocycles. The van der Waals surface area contributed by atoms with Crippen molar-refractivity contribution in [2.24, 2.45) is 11.3 Å². The van der Waals surface area contributed by atoms with Gasteiger partial charge in [0.25, 0.3) is 5.91 Å². The second kappa shape index (κ2) is 17.9. The van der Waals surface area contributed by atoms with Gasteiger partial charge in [-0.25, -0.2) is 14.3 Å². The number of amides is 4. The zero-order valence-electron chi connectivity index (χ0n) is 37.4. The van der Waals surface area contributed by atoms with Gasteiger partial charge in [0.05, 0.1) is 52.9 Å². The molecule has 1 spiro atoms. The highest BCUT2D eigenvalue weighted by Crippen LogP contribution is 2.47. The van der Waals surface area contributed by atoms with Crippen LogP contribution in [0.1, 0.15) is 85.0 Å². The number of carbonyl (C=O) groups excluding carboxylic acids is 3. The van der Waals surface area contributed by atoms with Gasteiger partial charge in [-0.3, -0.25) is 24.8 Å². The van der Waals surface area contributed by atoms with Gasteiger partial charge in [-0.2, -0.15) is 0 Å². The maximum atomic E-state index is 13.8. The predicted molar refractivity (Wildman–Crippen MR) is 250 cm³/mol. The standard InChI is InChI=1S/C49H57ClN10O5/c1-30-23-32(24-41(45(30)50)59-20-14-44(61)55-48(59)63)47(62)57-21-17-49(18-22-57)15-11-31(12-16-49)29-65-34-7-8-37(53-28-34)35-5-4-6-40-36(35)13-19-58(40)43-25-39(51-2)46-54-27-33(60(46)56-43)26-52-38-9-10-42(38)64-3/h4-8,23-25,27-28,31,38,42,51-52H,9-22,26,29H2,1-3H3,(H,55,61,63)/t38-,42-/m1/s1. The minimum absolute atomic E-state index is 0.0537. The summed E-state index contributed by atoms with van der Waals surface area (Å²) in [6, 6.07) is 15.9. The molecule has 0 radical (unpaired) electrons. The predicted octanol–water partition coefficient (Wildman–Crippen LogP) is 7.69. The molecule has 3 aromatic heterocycles. The normalized spacial score (nSPS) is 20.8. The van der Waals surface area contributed by atoms with Crippen LogP contribution in [0.2, 0.25) is 5.02 Å². The van der Waals surface area contributed by atoms with E-state index in [9.17, 15) is 14.4 Å². The number of benzene rings is 2. The lowest BCUT2D eigenvalue weighted by Crippen LogP contribution is -2.49. The number of aromatic nitrogens is 4. The number of piperidine rings is 1. The molecule has 340 valence electrons. The third kappa shape index (κ3) is 8.38. The summed E-state index contributed by atoms with van der Waals surface area (Å²) in [4.78, 5) is 53.4. The highest BCUT2D eigenvalue weighted by molar-refractivity contribution is 6.35. The molecule has 2 saturated heterocycles. The van der Waals surface area contributed by atoms with E-state index in [2.05, 4.69) is 51.2 Å². The summed E-state index contributed by atoms with van der Waals surface area (Å²) in [7, 11) is 3.70. The minimum Gasteiger partial charge on any atom is -0.492 e. The van der Waals surface area contributed by atoms with Crippen LogP contribution in [0.4, 0.5) is 27.7 Å². The number of methoxy groups -OCH3 is 1. The molecule has 2 atom stereocenters. The Labute approximate surface area is 384 Å². The molecular weight excluding hydrogens is 844 g/mol. The monoisotopic (exact) mass is 900 g/mol. The van der Waals surface area contributed by atoms with E-state index in [0.717, 1.165) is 115 Å². The number of nitrogens with zero attached hydrogens (tertiary/aromatic N) is 7. The number of pyridine rings is 1. The van der Waals surface area contributed by atoms with Gasteiger partial charge >= 0.3 is 6.03 Å². The van der Waals surface area contributed by atoms with Crippen LogP contribution >= 0.6 is 11.6 Å². The van der Waals surface area contributed by atoms with E-state index in [1.54, 1.807) is 19.2 Å². The van der Waals surface area contributed by atoms with E-state index in [4.69, 9.17) is 36.1 Å². The summed E-state index contributed by atoms with van der Waals surface area (Å²) in [5.74, 6) is 1.75. The van der Waals surface area contributed by atoms with Gasteiger partial charge in [-0.05, 0) is 118 Å². The van der Waals surface area contributed by atoms with Gasteiger partial charge < -0.3 is 29.9 Å². The molecule has 5 aromatic rings. The molecule has 16 heteroatoms. The van der Waals surface area contributed by atoms with Gasteiger partial charge in [0, 0.05) is 82.2 Å². The Morgan fingerprint density at radius 1 is 0.923 bits per heavy atom. The minimum atomic E-state index is -0.520.